The third-order valence-corrected chi connectivity index (χ3v) is 2.97. The molecule has 0 aliphatic heterocycles. The minimum atomic E-state index is 0.676. The zero-order valence-corrected chi connectivity index (χ0v) is 8.39. The second kappa shape index (κ2) is 3.30. The van der Waals surface area contributed by atoms with E-state index in [0.717, 1.165) is 16.6 Å². The van der Waals surface area contributed by atoms with E-state index in [1.165, 1.54) is 5.56 Å². The standard InChI is InChI=1S/C9H10N2OS/c1-3-6-4-13-8-7(6)10-5-11-9(8)12-2/h4-5H,3H2,1-2H3. The highest BCUT2D eigenvalue weighted by Crippen LogP contribution is 2.30. The van der Waals surface area contributed by atoms with Crippen LogP contribution in [-0.2, 0) is 6.42 Å². The molecule has 0 amide bonds. The average Bonchev–Trinajstić information content (AvgIpc) is 2.60. The molecule has 0 saturated heterocycles. The summed E-state index contributed by atoms with van der Waals surface area (Å²) < 4.78 is 6.19. The number of rotatable bonds is 2. The lowest BCUT2D eigenvalue weighted by Crippen LogP contribution is -1.89. The van der Waals surface area contributed by atoms with Crippen LogP contribution in [0, 0.1) is 0 Å². The minimum absolute atomic E-state index is 0.676. The number of hydrogen-bond donors (Lipinski definition) is 0. The Morgan fingerprint density at radius 1 is 1.46 bits per heavy atom. The second-order valence-electron chi connectivity index (χ2n) is 2.68. The largest absolute Gasteiger partial charge is 0.480 e. The van der Waals surface area contributed by atoms with Crippen LogP contribution in [0.15, 0.2) is 11.7 Å². The number of fused-ring (bicyclic) bond motifs is 1. The van der Waals surface area contributed by atoms with Gasteiger partial charge in [-0.3, -0.25) is 0 Å². The van der Waals surface area contributed by atoms with E-state index in [-0.39, 0.29) is 0 Å². The maximum Gasteiger partial charge on any atom is 0.234 e. The zero-order valence-electron chi connectivity index (χ0n) is 7.57. The van der Waals surface area contributed by atoms with E-state index in [1.54, 1.807) is 24.8 Å². The van der Waals surface area contributed by atoms with Crippen LogP contribution in [0.1, 0.15) is 12.5 Å². The molecule has 13 heavy (non-hydrogen) atoms. The van der Waals surface area contributed by atoms with E-state index in [4.69, 9.17) is 4.74 Å². The number of methoxy groups -OCH3 is 1. The smallest absolute Gasteiger partial charge is 0.234 e. The zero-order chi connectivity index (χ0) is 9.26. The van der Waals surface area contributed by atoms with Gasteiger partial charge in [0.1, 0.15) is 11.0 Å². The van der Waals surface area contributed by atoms with E-state index < -0.39 is 0 Å². The monoisotopic (exact) mass is 194 g/mol. The lowest BCUT2D eigenvalue weighted by molar-refractivity contribution is 0.403. The molecule has 0 aromatic carbocycles. The van der Waals surface area contributed by atoms with Gasteiger partial charge in [0.05, 0.1) is 12.6 Å². The van der Waals surface area contributed by atoms with Crippen molar-refractivity contribution in [3.8, 4) is 5.88 Å². The molecule has 0 atom stereocenters. The van der Waals surface area contributed by atoms with Crippen LogP contribution in [0.2, 0.25) is 0 Å². The molecule has 2 heterocycles. The maximum atomic E-state index is 5.14. The predicted molar refractivity (Wildman–Crippen MR) is 53.3 cm³/mol. The summed E-state index contributed by atoms with van der Waals surface area (Å²) >= 11 is 1.64. The molecule has 2 rings (SSSR count). The molecule has 2 aromatic heterocycles. The lowest BCUT2D eigenvalue weighted by Gasteiger charge is -1.98. The number of ether oxygens (including phenoxy) is 1. The van der Waals surface area contributed by atoms with E-state index in [0.29, 0.717) is 5.88 Å². The summed E-state index contributed by atoms with van der Waals surface area (Å²) in [5, 5.41) is 2.11. The summed E-state index contributed by atoms with van der Waals surface area (Å²) in [7, 11) is 1.63. The van der Waals surface area contributed by atoms with E-state index in [9.17, 15) is 0 Å². The highest BCUT2D eigenvalue weighted by Gasteiger charge is 2.08. The van der Waals surface area contributed by atoms with Crippen LogP contribution in [-0.4, -0.2) is 17.1 Å². The van der Waals surface area contributed by atoms with Crippen molar-refractivity contribution in [2.45, 2.75) is 13.3 Å². The van der Waals surface area contributed by atoms with Crippen molar-refractivity contribution >= 4 is 21.6 Å². The molecule has 3 nitrogen and oxygen atoms in total. The SMILES string of the molecule is CCc1csc2c(OC)ncnc12. The maximum absolute atomic E-state index is 5.14. The van der Waals surface area contributed by atoms with Gasteiger partial charge in [-0.15, -0.1) is 11.3 Å². The fourth-order valence-electron chi connectivity index (χ4n) is 1.27. The summed E-state index contributed by atoms with van der Waals surface area (Å²) in [6.45, 7) is 2.12. The van der Waals surface area contributed by atoms with Gasteiger partial charge in [-0.05, 0) is 17.4 Å². The third kappa shape index (κ3) is 1.27. The van der Waals surface area contributed by atoms with E-state index in [2.05, 4.69) is 22.3 Å². The fraction of sp³-hybridized carbons (Fsp3) is 0.333. The fourth-order valence-corrected chi connectivity index (χ4v) is 2.35. The summed E-state index contributed by atoms with van der Waals surface area (Å²) in [5.41, 5.74) is 2.29. The first-order valence-corrected chi connectivity index (χ1v) is 4.99. The molecule has 0 fully saturated rings. The van der Waals surface area contributed by atoms with E-state index in [1.807, 2.05) is 0 Å². The first-order valence-electron chi connectivity index (χ1n) is 4.12. The van der Waals surface area contributed by atoms with Crippen LogP contribution in [0.4, 0.5) is 0 Å². The summed E-state index contributed by atoms with van der Waals surface area (Å²) in [5.74, 6) is 0.676. The summed E-state index contributed by atoms with van der Waals surface area (Å²) in [6.07, 6.45) is 2.55. The van der Waals surface area contributed by atoms with Gasteiger partial charge in [-0.2, -0.15) is 0 Å². The number of hydrogen-bond acceptors (Lipinski definition) is 4. The normalized spacial score (nSPS) is 10.6. The Hall–Kier alpha value is -1.16. The Labute approximate surface area is 80.4 Å². The van der Waals surface area contributed by atoms with Crippen molar-refractivity contribution in [2.75, 3.05) is 7.11 Å². The number of thiophene rings is 1. The van der Waals surface area contributed by atoms with Crippen LogP contribution >= 0.6 is 11.3 Å². The Bertz CT molecular complexity index is 424. The molecule has 0 spiro atoms. The molecule has 0 bridgehead atoms. The Morgan fingerprint density at radius 2 is 2.31 bits per heavy atom. The Morgan fingerprint density at radius 3 is 3.00 bits per heavy atom. The highest BCUT2D eigenvalue weighted by atomic mass is 32.1. The van der Waals surface area contributed by atoms with Crippen LogP contribution < -0.4 is 4.74 Å². The summed E-state index contributed by atoms with van der Waals surface area (Å²) in [4.78, 5) is 8.29. The van der Waals surface area contributed by atoms with Crippen molar-refractivity contribution in [3.05, 3.63) is 17.3 Å². The highest BCUT2D eigenvalue weighted by molar-refractivity contribution is 7.17. The Kier molecular flexibility index (Phi) is 2.14. The molecular formula is C9H10N2OS. The predicted octanol–water partition coefficient (Wildman–Crippen LogP) is 2.26. The van der Waals surface area contributed by atoms with Crippen molar-refractivity contribution in [2.24, 2.45) is 0 Å². The van der Waals surface area contributed by atoms with Gasteiger partial charge in [0.2, 0.25) is 5.88 Å². The van der Waals surface area contributed by atoms with Crippen molar-refractivity contribution in [1.29, 1.82) is 0 Å². The molecule has 0 radical (unpaired) electrons. The van der Waals surface area contributed by atoms with Gasteiger partial charge in [-0.25, -0.2) is 9.97 Å². The lowest BCUT2D eigenvalue weighted by atomic mass is 10.2. The first-order chi connectivity index (χ1) is 6.36. The van der Waals surface area contributed by atoms with Crippen LogP contribution in [0.3, 0.4) is 0 Å². The van der Waals surface area contributed by atoms with Gasteiger partial charge < -0.3 is 4.74 Å². The van der Waals surface area contributed by atoms with Gasteiger partial charge in [-0.1, -0.05) is 6.92 Å². The van der Waals surface area contributed by atoms with E-state index >= 15 is 0 Å². The molecule has 0 saturated carbocycles. The Balaban J connectivity index is 2.72. The molecular weight excluding hydrogens is 184 g/mol. The third-order valence-electron chi connectivity index (χ3n) is 1.97. The molecule has 0 aliphatic carbocycles. The molecule has 0 aliphatic rings. The molecule has 4 heteroatoms. The molecule has 2 aromatic rings. The summed E-state index contributed by atoms with van der Waals surface area (Å²) in [6, 6.07) is 0. The topological polar surface area (TPSA) is 35.0 Å². The molecule has 68 valence electrons. The average molecular weight is 194 g/mol. The van der Waals surface area contributed by atoms with Crippen molar-refractivity contribution in [1.82, 2.24) is 9.97 Å². The first kappa shape index (κ1) is 8.44. The number of aromatic nitrogens is 2. The van der Waals surface area contributed by atoms with Crippen LogP contribution in [0.25, 0.3) is 10.2 Å². The number of aryl methyl sites for hydroxylation is 1. The molecule has 0 unspecified atom stereocenters. The minimum Gasteiger partial charge on any atom is -0.480 e. The van der Waals surface area contributed by atoms with Crippen molar-refractivity contribution in [3.63, 3.8) is 0 Å². The number of nitrogens with zero attached hydrogens (tertiary/aromatic N) is 2. The van der Waals surface area contributed by atoms with Gasteiger partial charge >= 0.3 is 0 Å². The van der Waals surface area contributed by atoms with Gasteiger partial charge in [0.25, 0.3) is 0 Å². The molecule has 0 N–H and O–H groups in total. The van der Waals surface area contributed by atoms with Crippen molar-refractivity contribution < 1.29 is 4.74 Å². The van der Waals surface area contributed by atoms with Crippen LogP contribution in [0.5, 0.6) is 5.88 Å². The second-order valence-corrected chi connectivity index (χ2v) is 3.55. The quantitative estimate of drug-likeness (QED) is 0.735. The van der Waals surface area contributed by atoms with Gasteiger partial charge in [0, 0.05) is 0 Å². The van der Waals surface area contributed by atoms with Gasteiger partial charge in [0.15, 0.2) is 0 Å².